The zero-order valence-electron chi connectivity index (χ0n) is 19.1. The van der Waals surface area contributed by atoms with Crippen LogP contribution in [0.25, 0.3) is 0 Å². The lowest BCUT2D eigenvalue weighted by atomic mass is 9.93. The maximum atomic E-state index is 13.8. The second-order valence-electron chi connectivity index (χ2n) is 8.24. The number of rotatable bonds is 11. The Kier molecular flexibility index (Phi) is 10.0. The lowest BCUT2D eigenvalue weighted by Gasteiger charge is -2.22. The standard InChI is InChI=1S/C21H29F3N4O6S/c1-13(20(31)32)28-35(33,34)16-4-2-3-15(19(16)21(22,23)24)27-18(30)9-12-26-17(29)6-5-14-7-10-25-11-8-14/h2-4,13-14,25,28H,5-12H2,1H3,(H,26,29)(H,27,30)(H,31,32)/t13-/m0/s1. The molecular weight excluding hydrogens is 493 g/mol. The molecule has 0 aliphatic carbocycles. The van der Waals surface area contributed by atoms with Crippen molar-refractivity contribution in [1.82, 2.24) is 15.4 Å². The molecular formula is C21H29F3N4O6S. The van der Waals surface area contributed by atoms with Gasteiger partial charge in [0.15, 0.2) is 0 Å². The van der Waals surface area contributed by atoms with E-state index >= 15 is 0 Å². The van der Waals surface area contributed by atoms with E-state index in [4.69, 9.17) is 5.11 Å². The zero-order valence-corrected chi connectivity index (χ0v) is 19.9. The first-order valence-corrected chi connectivity index (χ1v) is 12.5. The Hall–Kier alpha value is -2.71. The molecule has 196 valence electrons. The Morgan fingerprint density at radius 2 is 1.80 bits per heavy atom. The van der Waals surface area contributed by atoms with E-state index in [9.17, 15) is 36.0 Å². The molecule has 0 radical (unpaired) electrons. The summed E-state index contributed by atoms with van der Waals surface area (Å²) in [6, 6.07) is 0.862. The molecule has 0 unspecified atom stereocenters. The number of alkyl halides is 3. The quantitative estimate of drug-likeness (QED) is 0.296. The van der Waals surface area contributed by atoms with Crippen LogP contribution >= 0.6 is 0 Å². The van der Waals surface area contributed by atoms with E-state index in [0.717, 1.165) is 45.0 Å². The summed E-state index contributed by atoms with van der Waals surface area (Å²) in [4.78, 5) is 33.9. The number of carboxylic acid groups (broad SMARTS) is 1. The summed E-state index contributed by atoms with van der Waals surface area (Å²) in [6.45, 7) is 2.67. The molecule has 10 nitrogen and oxygen atoms in total. The topological polar surface area (TPSA) is 154 Å². The van der Waals surface area contributed by atoms with Crippen molar-refractivity contribution in [3.63, 3.8) is 0 Å². The molecule has 1 saturated heterocycles. The number of anilines is 1. The smallest absolute Gasteiger partial charge is 0.419 e. The van der Waals surface area contributed by atoms with Gasteiger partial charge in [-0.05, 0) is 57.3 Å². The number of aliphatic carboxylic acids is 1. The van der Waals surface area contributed by atoms with E-state index in [2.05, 4.69) is 10.6 Å². The molecule has 1 atom stereocenters. The lowest BCUT2D eigenvalue weighted by Crippen LogP contribution is -2.39. The van der Waals surface area contributed by atoms with Crippen molar-refractivity contribution in [3.8, 4) is 0 Å². The van der Waals surface area contributed by atoms with Crippen LogP contribution in [0.2, 0.25) is 0 Å². The minimum absolute atomic E-state index is 0.103. The summed E-state index contributed by atoms with van der Waals surface area (Å²) in [5.74, 6) is -2.26. The zero-order chi connectivity index (χ0) is 26.2. The molecule has 1 aliphatic heterocycles. The van der Waals surface area contributed by atoms with Crippen molar-refractivity contribution in [1.29, 1.82) is 0 Å². The van der Waals surface area contributed by atoms with Crippen LogP contribution in [0.15, 0.2) is 23.1 Å². The van der Waals surface area contributed by atoms with Gasteiger partial charge in [-0.25, -0.2) is 8.42 Å². The highest BCUT2D eigenvalue weighted by atomic mass is 32.2. The molecule has 1 fully saturated rings. The number of carbonyl (C=O) groups is 3. The van der Waals surface area contributed by atoms with Crippen LogP contribution in [-0.4, -0.2) is 57.0 Å². The van der Waals surface area contributed by atoms with Gasteiger partial charge in [-0.1, -0.05) is 6.07 Å². The van der Waals surface area contributed by atoms with Crippen molar-refractivity contribution in [2.24, 2.45) is 5.92 Å². The van der Waals surface area contributed by atoms with Crippen molar-refractivity contribution in [2.75, 3.05) is 25.0 Å². The fourth-order valence-electron chi connectivity index (χ4n) is 3.62. The largest absolute Gasteiger partial charge is 0.480 e. The van der Waals surface area contributed by atoms with Crippen LogP contribution in [0.5, 0.6) is 0 Å². The van der Waals surface area contributed by atoms with Gasteiger partial charge in [0.2, 0.25) is 21.8 Å². The number of nitrogens with one attached hydrogen (secondary N) is 4. The third kappa shape index (κ3) is 8.78. The molecule has 2 rings (SSSR count). The van der Waals surface area contributed by atoms with E-state index in [1.54, 1.807) is 4.72 Å². The molecule has 1 aromatic rings. The van der Waals surface area contributed by atoms with Gasteiger partial charge in [0.25, 0.3) is 0 Å². The molecule has 0 saturated carbocycles. The summed E-state index contributed by atoms with van der Waals surface area (Å²) in [7, 11) is -4.88. The number of carbonyl (C=O) groups excluding carboxylic acids is 2. The minimum atomic E-state index is -5.18. The summed E-state index contributed by atoms with van der Waals surface area (Å²) >= 11 is 0. The van der Waals surface area contributed by atoms with Gasteiger partial charge < -0.3 is 21.1 Å². The highest BCUT2D eigenvalue weighted by molar-refractivity contribution is 7.89. The maximum Gasteiger partial charge on any atom is 0.419 e. The van der Waals surface area contributed by atoms with Crippen molar-refractivity contribution in [2.45, 2.75) is 56.1 Å². The lowest BCUT2D eigenvalue weighted by molar-refractivity contribution is -0.139. The van der Waals surface area contributed by atoms with Gasteiger partial charge in [-0.2, -0.15) is 17.9 Å². The van der Waals surface area contributed by atoms with Crippen molar-refractivity contribution < 1.29 is 41.1 Å². The highest BCUT2D eigenvalue weighted by Gasteiger charge is 2.40. The highest BCUT2D eigenvalue weighted by Crippen LogP contribution is 2.39. The van der Waals surface area contributed by atoms with Crippen LogP contribution in [0, 0.1) is 5.92 Å². The SMILES string of the molecule is C[C@H](NS(=O)(=O)c1cccc(NC(=O)CCNC(=O)CCC2CCNCC2)c1C(F)(F)F)C(=O)O. The first kappa shape index (κ1) is 28.5. The van der Waals surface area contributed by atoms with Crippen molar-refractivity contribution >= 4 is 33.5 Å². The number of hydrogen-bond acceptors (Lipinski definition) is 6. The van der Waals surface area contributed by atoms with Crippen LogP contribution in [0.3, 0.4) is 0 Å². The summed E-state index contributed by atoms with van der Waals surface area (Å²) in [5.41, 5.74) is -2.44. The molecule has 1 aliphatic rings. The van der Waals surface area contributed by atoms with Gasteiger partial charge in [-0.15, -0.1) is 0 Å². The number of hydrogen-bond donors (Lipinski definition) is 5. The average Bonchev–Trinajstić information content (AvgIpc) is 2.77. The predicted molar refractivity (Wildman–Crippen MR) is 120 cm³/mol. The third-order valence-electron chi connectivity index (χ3n) is 5.49. The second-order valence-corrected chi connectivity index (χ2v) is 9.92. The van der Waals surface area contributed by atoms with Crippen LogP contribution in [0.4, 0.5) is 18.9 Å². The number of piperidine rings is 1. The van der Waals surface area contributed by atoms with Gasteiger partial charge in [0, 0.05) is 19.4 Å². The van der Waals surface area contributed by atoms with E-state index in [1.807, 2.05) is 5.32 Å². The van der Waals surface area contributed by atoms with Gasteiger partial charge in [0.05, 0.1) is 16.1 Å². The average molecular weight is 523 g/mol. The summed E-state index contributed by atoms with van der Waals surface area (Å²) in [5, 5.41) is 16.7. The first-order valence-electron chi connectivity index (χ1n) is 11.0. The van der Waals surface area contributed by atoms with E-state index in [-0.39, 0.29) is 25.3 Å². The van der Waals surface area contributed by atoms with Gasteiger partial charge in [-0.3, -0.25) is 14.4 Å². The predicted octanol–water partition coefficient (Wildman–Crippen LogP) is 1.68. The molecule has 14 heteroatoms. The molecule has 0 aromatic heterocycles. The van der Waals surface area contributed by atoms with Crippen LogP contribution in [-0.2, 0) is 30.6 Å². The van der Waals surface area contributed by atoms with Crippen LogP contribution in [0.1, 0.15) is 44.6 Å². The Morgan fingerprint density at radius 3 is 2.40 bits per heavy atom. The van der Waals surface area contributed by atoms with E-state index in [1.165, 1.54) is 0 Å². The summed E-state index contributed by atoms with van der Waals surface area (Å²) < 4.78 is 67.8. The number of amides is 2. The molecule has 0 spiro atoms. The fourth-order valence-corrected chi connectivity index (χ4v) is 5.07. The number of sulfonamides is 1. The third-order valence-corrected chi connectivity index (χ3v) is 7.07. The number of halogens is 3. The Bertz CT molecular complexity index is 1030. The Morgan fingerprint density at radius 1 is 1.14 bits per heavy atom. The Balaban J connectivity index is 2.02. The van der Waals surface area contributed by atoms with Gasteiger partial charge in [0.1, 0.15) is 6.04 Å². The molecule has 5 N–H and O–H groups in total. The molecule has 1 heterocycles. The van der Waals surface area contributed by atoms with Crippen LogP contribution < -0.4 is 20.7 Å². The monoisotopic (exact) mass is 522 g/mol. The normalized spacial score (nSPS) is 15.9. The van der Waals surface area contributed by atoms with Gasteiger partial charge >= 0.3 is 12.1 Å². The second kappa shape index (κ2) is 12.3. The fraction of sp³-hybridized carbons (Fsp3) is 0.571. The summed E-state index contributed by atoms with van der Waals surface area (Å²) in [6.07, 6.45) is -2.55. The number of benzene rings is 1. The Labute approximate surface area is 201 Å². The maximum absolute atomic E-state index is 13.8. The van der Waals surface area contributed by atoms with E-state index in [0.29, 0.717) is 18.4 Å². The molecule has 0 bridgehead atoms. The van der Waals surface area contributed by atoms with E-state index < -0.39 is 50.3 Å². The number of carboxylic acids is 1. The van der Waals surface area contributed by atoms with Crippen molar-refractivity contribution in [3.05, 3.63) is 23.8 Å². The molecule has 2 amide bonds. The first-order chi connectivity index (χ1) is 16.3. The molecule has 35 heavy (non-hydrogen) atoms. The molecule has 1 aromatic carbocycles. The minimum Gasteiger partial charge on any atom is -0.480 e.